The molecule has 1 aliphatic heterocycles. The van der Waals surface area contributed by atoms with Crippen LogP contribution in [-0.2, 0) is 5.75 Å². The first kappa shape index (κ1) is 16.5. The molecule has 0 saturated carbocycles. The molecule has 0 atom stereocenters. The third-order valence-corrected chi connectivity index (χ3v) is 5.71. The van der Waals surface area contributed by atoms with E-state index < -0.39 is 0 Å². The van der Waals surface area contributed by atoms with E-state index in [4.69, 9.17) is 16.0 Å². The lowest BCUT2D eigenvalue weighted by molar-refractivity contribution is 0.0699. The Kier molecular flexibility index (Phi) is 5.68. The zero-order valence-electron chi connectivity index (χ0n) is 12.9. The van der Waals surface area contributed by atoms with Gasteiger partial charge < -0.3 is 9.32 Å². The first-order valence-corrected chi connectivity index (χ1v) is 9.41. The summed E-state index contributed by atoms with van der Waals surface area (Å²) in [7, 11) is 0. The lowest BCUT2D eigenvalue weighted by atomic mass is 9.98. The number of hydrogen-bond acceptors (Lipinski definition) is 3. The number of carbonyl (C=O) groups excluding carboxylic acids is 1. The third-order valence-electron chi connectivity index (χ3n) is 4.18. The molecule has 0 N–H and O–H groups in total. The van der Waals surface area contributed by atoms with Gasteiger partial charge in [0.25, 0.3) is 5.91 Å². The van der Waals surface area contributed by atoms with Crippen LogP contribution in [0.1, 0.15) is 29.0 Å². The van der Waals surface area contributed by atoms with Gasteiger partial charge in [0.05, 0.1) is 22.6 Å². The Hall–Kier alpha value is -1.39. The number of amides is 1. The van der Waals surface area contributed by atoms with Crippen LogP contribution in [0.5, 0.6) is 0 Å². The van der Waals surface area contributed by atoms with Crippen LogP contribution in [0, 0.1) is 5.92 Å². The van der Waals surface area contributed by atoms with Crippen LogP contribution in [0.25, 0.3) is 0 Å². The van der Waals surface area contributed by atoms with Crippen LogP contribution in [-0.4, -0.2) is 29.6 Å². The fourth-order valence-corrected chi connectivity index (χ4v) is 4.20. The molecule has 0 unspecified atom stereocenters. The summed E-state index contributed by atoms with van der Waals surface area (Å²) in [6, 6.07) is 11.2. The predicted octanol–water partition coefficient (Wildman–Crippen LogP) is 4.72. The van der Waals surface area contributed by atoms with Gasteiger partial charge in [0, 0.05) is 13.1 Å². The monoisotopic (exact) mass is 349 g/mol. The van der Waals surface area contributed by atoms with Crippen molar-refractivity contribution in [1.29, 1.82) is 0 Å². The smallest absolute Gasteiger partial charge is 0.255 e. The second kappa shape index (κ2) is 7.93. The largest absolute Gasteiger partial charge is 0.468 e. The van der Waals surface area contributed by atoms with Crippen LogP contribution in [0.2, 0.25) is 5.02 Å². The molecule has 1 fully saturated rings. The summed E-state index contributed by atoms with van der Waals surface area (Å²) in [6.45, 7) is 1.63. The highest BCUT2D eigenvalue weighted by Gasteiger charge is 2.24. The number of rotatable bonds is 5. The van der Waals surface area contributed by atoms with Gasteiger partial charge in [0.1, 0.15) is 5.76 Å². The lowest BCUT2D eigenvalue weighted by Gasteiger charge is -2.32. The molecule has 3 nitrogen and oxygen atoms in total. The number of halogens is 1. The molecule has 0 bridgehead atoms. The summed E-state index contributed by atoms with van der Waals surface area (Å²) in [5.74, 6) is 3.80. The average Bonchev–Trinajstić information content (AvgIpc) is 3.09. The van der Waals surface area contributed by atoms with Crippen molar-refractivity contribution in [2.75, 3.05) is 18.8 Å². The van der Waals surface area contributed by atoms with E-state index >= 15 is 0 Å². The molecule has 1 amide bonds. The van der Waals surface area contributed by atoms with E-state index in [1.165, 1.54) is 0 Å². The summed E-state index contributed by atoms with van der Waals surface area (Å²) in [6.07, 6.45) is 3.83. The van der Waals surface area contributed by atoms with E-state index in [1.807, 2.05) is 40.9 Å². The third kappa shape index (κ3) is 4.33. The van der Waals surface area contributed by atoms with Crippen molar-refractivity contribution in [3.05, 3.63) is 59.0 Å². The fraction of sp³-hybridized carbons (Fsp3) is 0.389. The van der Waals surface area contributed by atoms with E-state index in [0.29, 0.717) is 16.5 Å². The molecule has 0 spiro atoms. The molecule has 3 rings (SSSR count). The van der Waals surface area contributed by atoms with Crippen molar-refractivity contribution in [3.63, 3.8) is 0 Å². The van der Waals surface area contributed by atoms with E-state index in [0.717, 1.165) is 43.2 Å². The maximum Gasteiger partial charge on any atom is 0.255 e. The highest BCUT2D eigenvalue weighted by atomic mass is 35.5. The number of likely N-dealkylation sites (tertiary alicyclic amines) is 1. The molecule has 0 aliphatic carbocycles. The molecule has 2 aromatic rings. The van der Waals surface area contributed by atoms with Crippen LogP contribution >= 0.6 is 23.4 Å². The SMILES string of the molecule is O=C(c1ccccc1Cl)N1CCC(CSCc2ccco2)CC1. The molecule has 1 aromatic carbocycles. The number of carbonyl (C=O) groups is 1. The van der Waals surface area contributed by atoms with E-state index in [-0.39, 0.29) is 5.91 Å². The Bertz CT molecular complexity index is 636. The molecule has 1 saturated heterocycles. The van der Waals surface area contributed by atoms with Gasteiger partial charge >= 0.3 is 0 Å². The highest BCUT2D eigenvalue weighted by Crippen LogP contribution is 2.26. The first-order valence-electron chi connectivity index (χ1n) is 7.88. The molecule has 122 valence electrons. The number of benzene rings is 1. The Morgan fingerprint density at radius 1 is 1.22 bits per heavy atom. The summed E-state index contributed by atoms with van der Waals surface area (Å²) in [5, 5.41) is 0.536. The number of nitrogens with zero attached hydrogens (tertiary/aromatic N) is 1. The van der Waals surface area contributed by atoms with Crippen molar-refractivity contribution in [3.8, 4) is 0 Å². The molecule has 1 aliphatic rings. The van der Waals surface area contributed by atoms with Crippen LogP contribution in [0.3, 0.4) is 0 Å². The van der Waals surface area contributed by atoms with Crippen LogP contribution < -0.4 is 0 Å². The Morgan fingerprint density at radius 2 is 2.00 bits per heavy atom. The first-order chi connectivity index (χ1) is 11.2. The summed E-state index contributed by atoms with van der Waals surface area (Å²) < 4.78 is 5.35. The average molecular weight is 350 g/mol. The second-order valence-electron chi connectivity index (χ2n) is 5.81. The quantitative estimate of drug-likeness (QED) is 0.783. The fourth-order valence-electron chi connectivity index (χ4n) is 2.83. The Labute approximate surface area is 146 Å². The van der Waals surface area contributed by atoms with Gasteiger partial charge in [-0.25, -0.2) is 0 Å². The summed E-state index contributed by atoms with van der Waals surface area (Å²) in [5.41, 5.74) is 0.611. The molecule has 1 aromatic heterocycles. The number of piperidine rings is 1. The topological polar surface area (TPSA) is 33.5 Å². The summed E-state index contributed by atoms with van der Waals surface area (Å²) >= 11 is 8.03. The van der Waals surface area contributed by atoms with Crippen LogP contribution in [0.4, 0.5) is 0 Å². The zero-order valence-corrected chi connectivity index (χ0v) is 14.5. The number of furan rings is 1. The standard InChI is InChI=1S/C18H20ClNO2S/c19-17-6-2-1-5-16(17)18(21)20-9-7-14(8-10-20)12-23-13-15-4-3-11-22-15/h1-6,11,14H,7-10,12-13H2. The maximum absolute atomic E-state index is 12.5. The van der Waals surface area contributed by atoms with Gasteiger partial charge in [-0.15, -0.1) is 0 Å². The minimum atomic E-state index is 0.0530. The van der Waals surface area contributed by atoms with Gasteiger partial charge in [-0.2, -0.15) is 11.8 Å². The minimum absolute atomic E-state index is 0.0530. The highest BCUT2D eigenvalue weighted by molar-refractivity contribution is 7.98. The zero-order chi connectivity index (χ0) is 16.1. The van der Waals surface area contributed by atoms with Crippen molar-refractivity contribution in [1.82, 2.24) is 4.90 Å². The van der Waals surface area contributed by atoms with Crippen molar-refractivity contribution in [2.45, 2.75) is 18.6 Å². The molecule has 0 radical (unpaired) electrons. The van der Waals surface area contributed by atoms with Gasteiger partial charge in [-0.05, 0) is 48.8 Å². The van der Waals surface area contributed by atoms with Gasteiger partial charge in [0.15, 0.2) is 0 Å². The van der Waals surface area contributed by atoms with Crippen molar-refractivity contribution in [2.24, 2.45) is 5.92 Å². The van der Waals surface area contributed by atoms with Crippen molar-refractivity contribution >= 4 is 29.3 Å². The van der Waals surface area contributed by atoms with E-state index in [2.05, 4.69) is 0 Å². The van der Waals surface area contributed by atoms with Gasteiger partial charge in [-0.3, -0.25) is 4.79 Å². The van der Waals surface area contributed by atoms with E-state index in [1.54, 1.807) is 18.4 Å². The van der Waals surface area contributed by atoms with E-state index in [9.17, 15) is 4.79 Å². The molecular weight excluding hydrogens is 330 g/mol. The molecular formula is C18H20ClNO2S. The summed E-state index contributed by atoms with van der Waals surface area (Å²) in [4.78, 5) is 14.4. The maximum atomic E-state index is 12.5. The predicted molar refractivity (Wildman–Crippen MR) is 94.9 cm³/mol. The minimum Gasteiger partial charge on any atom is -0.468 e. The van der Waals surface area contributed by atoms with Gasteiger partial charge in [0.2, 0.25) is 0 Å². The normalized spacial score (nSPS) is 15.8. The number of hydrogen-bond donors (Lipinski definition) is 0. The Morgan fingerprint density at radius 3 is 2.70 bits per heavy atom. The second-order valence-corrected chi connectivity index (χ2v) is 7.25. The molecule has 5 heteroatoms. The Balaban J connectivity index is 1.45. The lowest BCUT2D eigenvalue weighted by Crippen LogP contribution is -2.39. The molecule has 23 heavy (non-hydrogen) atoms. The van der Waals surface area contributed by atoms with Gasteiger partial charge in [-0.1, -0.05) is 23.7 Å². The van der Waals surface area contributed by atoms with Crippen LogP contribution in [0.15, 0.2) is 47.1 Å². The van der Waals surface area contributed by atoms with Crippen molar-refractivity contribution < 1.29 is 9.21 Å². The number of thioether (sulfide) groups is 1. The molecule has 2 heterocycles.